The van der Waals surface area contributed by atoms with Crippen LogP contribution >= 0.6 is 7.82 Å². The van der Waals surface area contributed by atoms with Crippen molar-refractivity contribution in [3.8, 4) is 0 Å². The van der Waals surface area contributed by atoms with Crippen molar-refractivity contribution in [1.29, 1.82) is 0 Å². The predicted molar refractivity (Wildman–Crippen MR) is 240 cm³/mol. The number of carbonyl (C=O) groups excluding carboxylic acids is 2. The highest BCUT2D eigenvalue weighted by Gasteiger charge is 2.21. The van der Waals surface area contributed by atoms with Crippen LogP contribution in [0.4, 0.5) is 0 Å². The van der Waals surface area contributed by atoms with Crippen LogP contribution in [-0.4, -0.2) is 70.0 Å². The first kappa shape index (κ1) is 54.7. The molecule has 0 fully saturated rings. The van der Waals surface area contributed by atoms with Crippen LogP contribution < -0.4 is 4.89 Å². The lowest BCUT2D eigenvalue weighted by Gasteiger charge is -2.28. The normalized spacial score (nSPS) is 14.7. The van der Waals surface area contributed by atoms with E-state index in [4.69, 9.17) is 18.5 Å². The van der Waals surface area contributed by atoms with E-state index in [9.17, 15) is 19.0 Å². The van der Waals surface area contributed by atoms with Gasteiger partial charge in [-0.3, -0.25) is 14.2 Å². The van der Waals surface area contributed by atoms with E-state index in [1.54, 1.807) is 0 Å². The second-order valence-electron chi connectivity index (χ2n) is 15.0. The Kier molecular flexibility index (Phi) is 36.9. The van der Waals surface area contributed by atoms with Gasteiger partial charge in [-0.25, -0.2) is 0 Å². The lowest BCUT2D eigenvalue weighted by Crippen LogP contribution is -2.37. The standard InChI is InChI=1S/C48H78NO8P/c1-6-8-10-12-14-16-18-20-22-24-26-28-30-32-34-36-38-40-47(50)54-44-46(45-56-58(52,53)55-43-42-49(3,4)5)57-48(51)41-39-37-35-33-31-29-27-25-23-21-19-17-15-13-11-9-7-2/h8,10,14-17,20-23,26-29,32-35,46H,6-7,9,11-13,18-19,24-25,30-31,36-45H2,1-5H3/b10-8-,16-14-,17-15-,22-20-,23-21-,28-26-,29-27-,34-32-,35-33-/t46-/m1/s1. The molecule has 0 aromatic carbocycles. The third-order valence-electron chi connectivity index (χ3n) is 8.28. The number of quaternary nitrogens is 1. The van der Waals surface area contributed by atoms with E-state index in [2.05, 4.69) is 111 Å². The number of carbonyl (C=O) groups is 2. The van der Waals surface area contributed by atoms with Crippen LogP contribution in [0.15, 0.2) is 109 Å². The fraction of sp³-hybridized carbons (Fsp3) is 0.583. The second-order valence-corrected chi connectivity index (χ2v) is 16.4. The van der Waals surface area contributed by atoms with Crippen LogP contribution in [0.25, 0.3) is 0 Å². The number of hydrogen-bond donors (Lipinski definition) is 0. The van der Waals surface area contributed by atoms with Crippen LogP contribution in [0.3, 0.4) is 0 Å². The van der Waals surface area contributed by atoms with Crippen molar-refractivity contribution in [2.24, 2.45) is 0 Å². The highest BCUT2D eigenvalue weighted by Crippen LogP contribution is 2.38. The Hall–Kier alpha value is -3.33. The van der Waals surface area contributed by atoms with Crippen molar-refractivity contribution in [1.82, 2.24) is 0 Å². The number of esters is 2. The smallest absolute Gasteiger partial charge is 0.306 e. The molecule has 328 valence electrons. The number of nitrogens with zero attached hydrogens (tertiary/aromatic N) is 1. The van der Waals surface area contributed by atoms with Crippen molar-refractivity contribution < 1.29 is 42.1 Å². The Balaban J connectivity index is 4.59. The number of ether oxygens (including phenoxy) is 2. The van der Waals surface area contributed by atoms with Crippen LogP contribution in [-0.2, 0) is 32.7 Å². The van der Waals surface area contributed by atoms with E-state index in [1.807, 2.05) is 33.3 Å². The Labute approximate surface area is 353 Å². The molecule has 0 rings (SSSR count). The molecule has 0 bridgehead atoms. The summed E-state index contributed by atoms with van der Waals surface area (Å²) in [5.41, 5.74) is 0. The zero-order valence-corrected chi connectivity index (χ0v) is 37.6. The first-order chi connectivity index (χ1) is 28.0. The first-order valence-corrected chi connectivity index (χ1v) is 23.1. The number of likely N-dealkylation sites (N-methyl/N-ethyl adjacent to an activating group) is 1. The van der Waals surface area contributed by atoms with Gasteiger partial charge in [0.05, 0.1) is 27.7 Å². The van der Waals surface area contributed by atoms with E-state index in [-0.39, 0.29) is 26.1 Å². The van der Waals surface area contributed by atoms with Crippen LogP contribution in [0.5, 0.6) is 0 Å². The zero-order valence-electron chi connectivity index (χ0n) is 36.7. The highest BCUT2D eigenvalue weighted by atomic mass is 31.2. The molecule has 0 spiro atoms. The molecule has 0 amide bonds. The topological polar surface area (TPSA) is 111 Å². The summed E-state index contributed by atoms with van der Waals surface area (Å²) in [6.45, 7) is 3.92. The van der Waals surface area contributed by atoms with Gasteiger partial charge in [0.15, 0.2) is 6.10 Å². The molecule has 9 nitrogen and oxygen atoms in total. The quantitative estimate of drug-likeness (QED) is 0.0200. The Morgan fingerprint density at radius 2 is 0.966 bits per heavy atom. The molecule has 0 aromatic rings. The van der Waals surface area contributed by atoms with Crippen molar-refractivity contribution >= 4 is 19.8 Å². The van der Waals surface area contributed by atoms with Crippen molar-refractivity contribution in [3.63, 3.8) is 0 Å². The van der Waals surface area contributed by atoms with Gasteiger partial charge < -0.3 is 27.9 Å². The average molecular weight is 828 g/mol. The minimum Gasteiger partial charge on any atom is -0.756 e. The molecule has 0 aliphatic rings. The van der Waals surface area contributed by atoms with Gasteiger partial charge in [-0.05, 0) is 89.9 Å². The fourth-order valence-electron chi connectivity index (χ4n) is 4.92. The van der Waals surface area contributed by atoms with Crippen LogP contribution in [0.1, 0.15) is 129 Å². The summed E-state index contributed by atoms with van der Waals surface area (Å²) >= 11 is 0. The lowest BCUT2D eigenvalue weighted by molar-refractivity contribution is -0.870. The van der Waals surface area contributed by atoms with E-state index in [1.165, 1.54) is 19.3 Å². The van der Waals surface area contributed by atoms with E-state index in [0.29, 0.717) is 36.7 Å². The molecule has 0 aliphatic carbocycles. The average Bonchev–Trinajstić information content (AvgIpc) is 3.17. The molecule has 2 atom stereocenters. The molecule has 0 aliphatic heterocycles. The summed E-state index contributed by atoms with van der Waals surface area (Å²) in [6, 6.07) is 0. The molecule has 0 saturated carbocycles. The van der Waals surface area contributed by atoms with Crippen molar-refractivity contribution in [2.75, 3.05) is 47.5 Å². The van der Waals surface area contributed by atoms with Crippen molar-refractivity contribution in [3.05, 3.63) is 109 Å². The van der Waals surface area contributed by atoms with Crippen molar-refractivity contribution in [2.45, 2.75) is 136 Å². The largest absolute Gasteiger partial charge is 0.756 e. The molecule has 0 heterocycles. The minimum absolute atomic E-state index is 0.0565. The molecule has 58 heavy (non-hydrogen) atoms. The van der Waals surface area contributed by atoms with E-state index in [0.717, 1.165) is 57.8 Å². The third-order valence-corrected chi connectivity index (χ3v) is 9.24. The van der Waals surface area contributed by atoms with Gasteiger partial charge in [0.2, 0.25) is 0 Å². The SMILES string of the molecule is CC/C=C\C/C=C\C/C=C\C/C=C\C/C=C\CCCC(=O)OC[C@H](COP(=O)([O-])OCC[N+](C)(C)C)OC(=O)CCC/C=C\C/C=C\C/C=C\C/C=C\CCCCC. The molecule has 0 N–H and O–H groups in total. The lowest BCUT2D eigenvalue weighted by atomic mass is 10.2. The van der Waals surface area contributed by atoms with Gasteiger partial charge in [-0.15, -0.1) is 0 Å². The molecular weight excluding hydrogens is 750 g/mol. The fourth-order valence-corrected chi connectivity index (χ4v) is 5.64. The number of phosphoric ester groups is 1. The van der Waals surface area contributed by atoms with Gasteiger partial charge in [0.25, 0.3) is 7.82 Å². The number of phosphoric acid groups is 1. The highest BCUT2D eigenvalue weighted by molar-refractivity contribution is 7.45. The molecule has 10 heteroatoms. The number of hydrogen-bond acceptors (Lipinski definition) is 8. The maximum Gasteiger partial charge on any atom is 0.306 e. The van der Waals surface area contributed by atoms with Gasteiger partial charge in [-0.2, -0.15) is 0 Å². The van der Waals surface area contributed by atoms with Gasteiger partial charge >= 0.3 is 11.9 Å². The molecule has 0 saturated heterocycles. The summed E-state index contributed by atoms with van der Waals surface area (Å²) in [6.07, 6.45) is 52.8. The molecule has 0 aromatic heterocycles. The zero-order chi connectivity index (χ0) is 42.8. The Morgan fingerprint density at radius 3 is 1.40 bits per heavy atom. The summed E-state index contributed by atoms with van der Waals surface area (Å²) in [5, 5.41) is 0. The maximum absolute atomic E-state index is 12.6. The van der Waals surface area contributed by atoms with Gasteiger partial charge in [0, 0.05) is 12.8 Å². The minimum atomic E-state index is -4.66. The number of unbranched alkanes of at least 4 members (excludes halogenated alkanes) is 5. The van der Waals surface area contributed by atoms with Crippen LogP contribution in [0.2, 0.25) is 0 Å². The first-order valence-electron chi connectivity index (χ1n) is 21.6. The van der Waals surface area contributed by atoms with E-state index < -0.39 is 32.5 Å². The second kappa shape index (κ2) is 39.1. The summed E-state index contributed by atoms with van der Waals surface area (Å²) in [5.74, 6) is -0.982. The van der Waals surface area contributed by atoms with Crippen LogP contribution in [0, 0.1) is 0 Å². The molecule has 1 unspecified atom stereocenters. The van der Waals surface area contributed by atoms with E-state index >= 15 is 0 Å². The van der Waals surface area contributed by atoms with Gasteiger partial charge in [-0.1, -0.05) is 136 Å². The summed E-state index contributed by atoms with van der Waals surface area (Å²) < 4.78 is 33.7. The third kappa shape index (κ3) is 42.3. The predicted octanol–water partition coefficient (Wildman–Crippen LogP) is 11.7. The molecule has 0 radical (unpaired) electrons. The Morgan fingerprint density at radius 1 is 0.552 bits per heavy atom. The molecular formula is C48H78NO8P. The Bertz CT molecular complexity index is 1350. The maximum atomic E-state index is 12.6. The number of rotatable bonds is 37. The summed E-state index contributed by atoms with van der Waals surface area (Å²) in [7, 11) is 1.08. The van der Waals surface area contributed by atoms with Gasteiger partial charge in [0.1, 0.15) is 19.8 Å². The number of allylic oxidation sites excluding steroid dienone is 18. The monoisotopic (exact) mass is 828 g/mol. The summed E-state index contributed by atoms with van der Waals surface area (Å²) in [4.78, 5) is 37.5.